The van der Waals surface area contributed by atoms with Gasteiger partial charge in [-0.3, -0.25) is 4.40 Å². The Morgan fingerprint density at radius 3 is 2.07 bits per heavy atom. The van der Waals surface area contributed by atoms with Crippen molar-refractivity contribution >= 4 is 27.3 Å². The van der Waals surface area contributed by atoms with Crippen molar-refractivity contribution in [1.82, 2.24) is 9.38 Å². The highest BCUT2D eigenvalue weighted by molar-refractivity contribution is 6.12. The van der Waals surface area contributed by atoms with Crippen LogP contribution in [-0.2, 0) is 0 Å². The molecule has 2 aromatic heterocycles. The third-order valence-electron chi connectivity index (χ3n) is 5.81. The minimum Gasteiger partial charge on any atom is -0.292 e. The van der Waals surface area contributed by atoms with E-state index in [1.807, 2.05) is 6.20 Å². The lowest BCUT2D eigenvalue weighted by atomic mass is 9.99. The molecule has 5 aromatic rings. The first-order chi connectivity index (χ1) is 13.1. The van der Waals surface area contributed by atoms with Gasteiger partial charge in [0, 0.05) is 16.3 Å². The molecule has 0 atom stereocenters. The summed E-state index contributed by atoms with van der Waals surface area (Å²) in [5.74, 6) is 0. The number of imidazole rings is 1. The third kappa shape index (κ3) is 2.23. The summed E-state index contributed by atoms with van der Waals surface area (Å²) in [6, 6.07) is 19.7. The van der Waals surface area contributed by atoms with E-state index in [1.54, 1.807) is 0 Å². The van der Waals surface area contributed by atoms with E-state index in [0.29, 0.717) is 0 Å². The van der Waals surface area contributed by atoms with Crippen molar-refractivity contribution < 1.29 is 0 Å². The molecule has 0 saturated carbocycles. The van der Waals surface area contributed by atoms with Crippen LogP contribution in [0.3, 0.4) is 0 Å². The number of rotatable bonds is 1. The van der Waals surface area contributed by atoms with Gasteiger partial charge in [0.15, 0.2) is 0 Å². The van der Waals surface area contributed by atoms with E-state index in [0.717, 1.165) is 5.65 Å². The van der Waals surface area contributed by atoms with Crippen molar-refractivity contribution in [2.24, 2.45) is 0 Å². The molecule has 0 amide bonds. The number of aryl methyl sites for hydroxylation is 4. The molecule has 0 aliphatic carbocycles. The van der Waals surface area contributed by atoms with Gasteiger partial charge in [0.2, 0.25) is 0 Å². The molecule has 0 unspecified atom stereocenters. The topological polar surface area (TPSA) is 17.3 Å². The van der Waals surface area contributed by atoms with Gasteiger partial charge in [-0.1, -0.05) is 42.5 Å². The smallest absolute Gasteiger partial charge is 0.145 e. The van der Waals surface area contributed by atoms with Gasteiger partial charge in [-0.05, 0) is 67.5 Å². The van der Waals surface area contributed by atoms with Crippen LogP contribution in [0.2, 0.25) is 0 Å². The Hall–Kier alpha value is -3.13. The van der Waals surface area contributed by atoms with Gasteiger partial charge in [0.25, 0.3) is 0 Å². The highest BCUT2D eigenvalue weighted by Gasteiger charge is 2.17. The number of benzene rings is 3. The van der Waals surface area contributed by atoms with E-state index in [2.05, 4.69) is 86.7 Å². The van der Waals surface area contributed by atoms with Gasteiger partial charge in [-0.25, -0.2) is 4.98 Å². The fourth-order valence-corrected chi connectivity index (χ4v) is 4.30. The van der Waals surface area contributed by atoms with Gasteiger partial charge in [0.05, 0.1) is 17.4 Å². The maximum Gasteiger partial charge on any atom is 0.145 e. The Kier molecular flexibility index (Phi) is 3.38. The Morgan fingerprint density at radius 2 is 1.33 bits per heavy atom. The minimum atomic E-state index is 1.03. The van der Waals surface area contributed by atoms with Crippen LogP contribution >= 0.6 is 0 Å². The zero-order chi connectivity index (χ0) is 18.7. The molecule has 0 saturated heterocycles. The van der Waals surface area contributed by atoms with Crippen LogP contribution in [-0.4, -0.2) is 9.38 Å². The summed E-state index contributed by atoms with van der Waals surface area (Å²) in [5, 5.41) is 3.75. The van der Waals surface area contributed by atoms with Crippen molar-refractivity contribution in [3.8, 4) is 11.3 Å². The van der Waals surface area contributed by atoms with Crippen LogP contribution in [0.5, 0.6) is 0 Å². The molecule has 3 aromatic carbocycles. The lowest BCUT2D eigenvalue weighted by Crippen LogP contribution is -1.97. The summed E-state index contributed by atoms with van der Waals surface area (Å²) in [5.41, 5.74) is 9.88. The fraction of sp³-hybridized carbons (Fsp3) is 0.160. The standard InChI is InChI=1S/C25H22N2/c1-15-8-7-9-16(2)24(15)23-14-26-25-20-11-6-5-10-19(20)21-12-17(3)18(4)13-22(21)27(23)25/h5-14H,1-4H3. The van der Waals surface area contributed by atoms with Gasteiger partial charge >= 0.3 is 0 Å². The second-order valence-electron chi connectivity index (χ2n) is 7.57. The first kappa shape index (κ1) is 16.1. The third-order valence-corrected chi connectivity index (χ3v) is 5.81. The second-order valence-corrected chi connectivity index (χ2v) is 7.57. The molecular weight excluding hydrogens is 328 g/mol. The van der Waals surface area contributed by atoms with Gasteiger partial charge in [-0.2, -0.15) is 0 Å². The zero-order valence-corrected chi connectivity index (χ0v) is 16.2. The number of pyridine rings is 1. The highest BCUT2D eigenvalue weighted by Crippen LogP contribution is 2.36. The van der Waals surface area contributed by atoms with Crippen molar-refractivity contribution in [3.05, 3.63) is 83.0 Å². The quantitative estimate of drug-likeness (QED) is 0.314. The van der Waals surface area contributed by atoms with Gasteiger partial charge in [-0.15, -0.1) is 0 Å². The van der Waals surface area contributed by atoms with Crippen molar-refractivity contribution in [2.45, 2.75) is 27.7 Å². The van der Waals surface area contributed by atoms with Crippen molar-refractivity contribution in [2.75, 3.05) is 0 Å². The first-order valence-corrected chi connectivity index (χ1v) is 9.42. The fourth-order valence-electron chi connectivity index (χ4n) is 4.30. The number of hydrogen-bond acceptors (Lipinski definition) is 1. The molecule has 0 bridgehead atoms. The highest BCUT2D eigenvalue weighted by atomic mass is 15.0. The normalized spacial score (nSPS) is 11.7. The summed E-state index contributed by atoms with van der Waals surface area (Å²) in [6.07, 6.45) is 2.03. The van der Waals surface area contributed by atoms with Crippen LogP contribution < -0.4 is 0 Å². The Balaban J connectivity index is 2.07. The Labute approximate surface area is 159 Å². The molecule has 0 aliphatic rings. The maximum absolute atomic E-state index is 4.87. The summed E-state index contributed by atoms with van der Waals surface area (Å²) >= 11 is 0. The largest absolute Gasteiger partial charge is 0.292 e. The lowest BCUT2D eigenvalue weighted by Gasteiger charge is -2.15. The maximum atomic E-state index is 4.87. The predicted molar refractivity (Wildman–Crippen MR) is 115 cm³/mol. The molecule has 0 spiro atoms. The molecular formula is C25H22N2. The van der Waals surface area contributed by atoms with Crippen LogP contribution in [0.4, 0.5) is 0 Å². The second kappa shape index (κ2) is 5.68. The minimum absolute atomic E-state index is 1.03. The van der Waals surface area contributed by atoms with Crippen molar-refractivity contribution in [1.29, 1.82) is 0 Å². The number of fused-ring (bicyclic) bond motifs is 6. The number of nitrogens with zero attached hydrogens (tertiary/aromatic N) is 2. The summed E-state index contributed by atoms with van der Waals surface area (Å²) in [6.45, 7) is 8.74. The number of aromatic nitrogens is 2. The molecule has 2 heteroatoms. The molecule has 2 heterocycles. The molecule has 0 fully saturated rings. The van der Waals surface area contributed by atoms with Crippen molar-refractivity contribution in [3.63, 3.8) is 0 Å². The molecule has 27 heavy (non-hydrogen) atoms. The van der Waals surface area contributed by atoms with E-state index >= 15 is 0 Å². The van der Waals surface area contributed by atoms with E-state index in [4.69, 9.17) is 4.98 Å². The molecule has 132 valence electrons. The SMILES string of the molecule is Cc1cc2c3ccccc3c3ncc(-c4c(C)cccc4C)n3c2cc1C. The van der Waals surface area contributed by atoms with E-state index in [1.165, 1.54) is 55.2 Å². The Bertz CT molecular complexity index is 1340. The summed E-state index contributed by atoms with van der Waals surface area (Å²) in [7, 11) is 0. The molecule has 0 radical (unpaired) electrons. The molecule has 5 rings (SSSR count). The van der Waals surface area contributed by atoms with Crippen LogP contribution in [0, 0.1) is 27.7 Å². The molecule has 0 aliphatic heterocycles. The average Bonchev–Trinajstić information content (AvgIpc) is 3.08. The predicted octanol–water partition coefficient (Wildman–Crippen LogP) is 6.54. The van der Waals surface area contributed by atoms with Crippen LogP contribution in [0.25, 0.3) is 38.6 Å². The zero-order valence-electron chi connectivity index (χ0n) is 16.2. The van der Waals surface area contributed by atoms with Gasteiger partial charge < -0.3 is 0 Å². The summed E-state index contributed by atoms with van der Waals surface area (Å²) < 4.78 is 2.35. The molecule has 0 N–H and O–H groups in total. The van der Waals surface area contributed by atoms with Crippen LogP contribution in [0.1, 0.15) is 22.3 Å². The average molecular weight is 350 g/mol. The van der Waals surface area contributed by atoms with E-state index in [-0.39, 0.29) is 0 Å². The summed E-state index contributed by atoms with van der Waals surface area (Å²) in [4.78, 5) is 4.87. The monoisotopic (exact) mass is 350 g/mol. The first-order valence-electron chi connectivity index (χ1n) is 9.42. The van der Waals surface area contributed by atoms with E-state index < -0.39 is 0 Å². The molecule has 2 nitrogen and oxygen atoms in total. The van der Waals surface area contributed by atoms with E-state index in [9.17, 15) is 0 Å². The van der Waals surface area contributed by atoms with Crippen LogP contribution in [0.15, 0.2) is 60.8 Å². The lowest BCUT2D eigenvalue weighted by molar-refractivity contribution is 1.23. The number of hydrogen-bond donors (Lipinski definition) is 0. The Morgan fingerprint density at radius 1 is 0.667 bits per heavy atom. The van der Waals surface area contributed by atoms with Gasteiger partial charge in [0.1, 0.15) is 5.65 Å².